The van der Waals surface area contributed by atoms with Gasteiger partial charge in [0.2, 0.25) is 0 Å². The Labute approximate surface area is 114 Å². The number of hydrogen-bond donors (Lipinski definition) is 0. The maximum Gasteiger partial charge on any atom is 0.291 e. The van der Waals surface area contributed by atoms with Gasteiger partial charge in [-0.2, -0.15) is 0 Å². The summed E-state index contributed by atoms with van der Waals surface area (Å²) in [7, 11) is 0. The molecule has 0 fully saturated rings. The average molecular weight is 322 g/mol. The first-order valence-electron chi connectivity index (χ1n) is 5.14. The van der Waals surface area contributed by atoms with E-state index in [4.69, 9.17) is 11.6 Å². The molecule has 0 saturated heterocycles. The van der Waals surface area contributed by atoms with Crippen LogP contribution in [0.3, 0.4) is 0 Å². The Morgan fingerprint density at radius 3 is 2.65 bits per heavy atom. The van der Waals surface area contributed by atoms with E-state index in [1.165, 1.54) is 6.07 Å². The van der Waals surface area contributed by atoms with E-state index in [1.54, 1.807) is 6.20 Å². The molecule has 0 bridgehead atoms. The molecule has 0 saturated carbocycles. The van der Waals surface area contributed by atoms with Crippen molar-refractivity contribution in [3.05, 3.63) is 32.5 Å². The van der Waals surface area contributed by atoms with Gasteiger partial charge in [0.05, 0.1) is 4.92 Å². The fourth-order valence-corrected chi connectivity index (χ4v) is 1.71. The highest BCUT2D eigenvalue weighted by atomic mass is 79.9. The van der Waals surface area contributed by atoms with Gasteiger partial charge in [0, 0.05) is 28.5 Å². The van der Waals surface area contributed by atoms with Gasteiger partial charge in [0.25, 0.3) is 5.69 Å². The standard InChI is InChI=1S/C11H14BrClN2O2/c1-11(2,3)10(13)5-8-9(15(16)17)4-7(12)6-14-8/h4,6,10H,5H2,1-3H3. The van der Waals surface area contributed by atoms with E-state index in [9.17, 15) is 10.1 Å². The van der Waals surface area contributed by atoms with Crippen molar-refractivity contribution in [3.8, 4) is 0 Å². The number of aromatic nitrogens is 1. The van der Waals surface area contributed by atoms with Gasteiger partial charge >= 0.3 is 0 Å². The topological polar surface area (TPSA) is 56.0 Å². The van der Waals surface area contributed by atoms with E-state index in [1.807, 2.05) is 20.8 Å². The van der Waals surface area contributed by atoms with Crippen LogP contribution >= 0.6 is 27.5 Å². The number of alkyl halides is 1. The third-order valence-corrected chi connectivity index (χ3v) is 3.67. The average Bonchev–Trinajstić information content (AvgIpc) is 2.18. The minimum absolute atomic E-state index is 0.00859. The molecule has 17 heavy (non-hydrogen) atoms. The van der Waals surface area contributed by atoms with Crippen LogP contribution in [0.5, 0.6) is 0 Å². The fourth-order valence-electron chi connectivity index (χ4n) is 1.25. The number of hydrogen-bond acceptors (Lipinski definition) is 3. The molecule has 6 heteroatoms. The number of halogens is 2. The molecule has 1 aromatic heterocycles. The van der Waals surface area contributed by atoms with Crippen LogP contribution in [-0.2, 0) is 6.42 Å². The van der Waals surface area contributed by atoms with Gasteiger partial charge in [-0.15, -0.1) is 11.6 Å². The predicted octanol–water partition coefficient (Wildman–Crippen LogP) is 3.95. The Hall–Kier alpha value is -0.680. The molecular weight excluding hydrogens is 307 g/mol. The normalized spacial score (nSPS) is 13.5. The van der Waals surface area contributed by atoms with Crippen molar-refractivity contribution in [1.82, 2.24) is 4.98 Å². The first-order valence-corrected chi connectivity index (χ1v) is 6.37. The van der Waals surface area contributed by atoms with E-state index >= 15 is 0 Å². The van der Waals surface area contributed by atoms with Crippen molar-refractivity contribution in [2.24, 2.45) is 5.41 Å². The molecule has 94 valence electrons. The Morgan fingerprint density at radius 2 is 2.18 bits per heavy atom. The Kier molecular flexibility index (Phi) is 4.49. The van der Waals surface area contributed by atoms with E-state index < -0.39 is 4.92 Å². The van der Waals surface area contributed by atoms with Gasteiger partial charge in [-0.3, -0.25) is 15.1 Å². The molecule has 1 heterocycles. The molecule has 0 aliphatic heterocycles. The second-order valence-electron chi connectivity index (χ2n) is 4.91. The van der Waals surface area contributed by atoms with Crippen LogP contribution in [0.15, 0.2) is 16.7 Å². The minimum atomic E-state index is -0.431. The molecule has 0 aliphatic rings. The van der Waals surface area contributed by atoms with Crippen LogP contribution in [-0.4, -0.2) is 15.3 Å². The molecule has 1 aromatic rings. The second-order valence-corrected chi connectivity index (χ2v) is 6.36. The molecule has 0 N–H and O–H groups in total. The molecule has 1 unspecified atom stereocenters. The summed E-state index contributed by atoms with van der Waals surface area (Å²) in [5.74, 6) is 0. The summed E-state index contributed by atoms with van der Waals surface area (Å²) in [6, 6.07) is 1.45. The molecule has 0 radical (unpaired) electrons. The zero-order valence-electron chi connectivity index (χ0n) is 9.91. The van der Waals surface area contributed by atoms with E-state index in [0.29, 0.717) is 16.6 Å². The second kappa shape index (κ2) is 5.31. The fraction of sp³-hybridized carbons (Fsp3) is 0.545. The van der Waals surface area contributed by atoms with Gasteiger partial charge < -0.3 is 0 Å². The van der Waals surface area contributed by atoms with Crippen LogP contribution in [0.1, 0.15) is 26.5 Å². The van der Waals surface area contributed by atoms with Crippen LogP contribution in [0.25, 0.3) is 0 Å². The Balaban J connectivity index is 3.03. The first-order chi connectivity index (χ1) is 7.71. The van der Waals surface area contributed by atoms with Gasteiger partial charge in [-0.25, -0.2) is 0 Å². The van der Waals surface area contributed by atoms with E-state index in [-0.39, 0.29) is 16.5 Å². The lowest BCUT2D eigenvalue weighted by molar-refractivity contribution is -0.386. The molecule has 4 nitrogen and oxygen atoms in total. The van der Waals surface area contributed by atoms with Crippen molar-refractivity contribution < 1.29 is 4.92 Å². The van der Waals surface area contributed by atoms with Gasteiger partial charge in [0.15, 0.2) is 0 Å². The maximum atomic E-state index is 10.9. The molecule has 1 atom stereocenters. The number of pyridine rings is 1. The SMILES string of the molecule is CC(C)(C)C(Cl)Cc1ncc(Br)cc1[N+](=O)[O-]. The zero-order chi connectivity index (χ0) is 13.2. The highest BCUT2D eigenvalue weighted by molar-refractivity contribution is 9.10. The van der Waals surface area contributed by atoms with Crippen molar-refractivity contribution in [3.63, 3.8) is 0 Å². The summed E-state index contributed by atoms with van der Waals surface area (Å²) >= 11 is 9.40. The number of nitrogens with zero attached hydrogens (tertiary/aromatic N) is 2. The largest absolute Gasteiger partial charge is 0.291 e. The highest BCUT2D eigenvalue weighted by Crippen LogP contribution is 2.30. The summed E-state index contributed by atoms with van der Waals surface area (Å²) in [4.78, 5) is 14.6. The zero-order valence-corrected chi connectivity index (χ0v) is 12.2. The lowest BCUT2D eigenvalue weighted by Crippen LogP contribution is -2.23. The highest BCUT2D eigenvalue weighted by Gasteiger charge is 2.26. The first kappa shape index (κ1) is 14.4. The molecular formula is C11H14BrClN2O2. The molecule has 0 amide bonds. The summed E-state index contributed by atoms with van der Waals surface area (Å²) < 4.78 is 0.592. The quantitative estimate of drug-likeness (QED) is 0.481. The smallest absolute Gasteiger partial charge is 0.258 e. The third kappa shape index (κ3) is 3.92. The lowest BCUT2D eigenvalue weighted by Gasteiger charge is -2.24. The van der Waals surface area contributed by atoms with Gasteiger partial charge in [-0.05, 0) is 21.3 Å². The molecule has 1 rings (SSSR count). The van der Waals surface area contributed by atoms with Crippen molar-refractivity contribution in [2.75, 3.05) is 0 Å². The van der Waals surface area contributed by atoms with Crippen LogP contribution in [0.4, 0.5) is 5.69 Å². The Bertz CT molecular complexity index is 432. The van der Waals surface area contributed by atoms with Crippen molar-refractivity contribution in [2.45, 2.75) is 32.6 Å². The molecule has 0 aromatic carbocycles. The third-order valence-electron chi connectivity index (χ3n) is 2.42. The summed E-state index contributed by atoms with van der Waals surface area (Å²) in [6.07, 6.45) is 1.93. The summed E-state index contributed by atoms with van der Waals surface area (Å²) in [5.41, 5.74) is 0.312. The lowest BCUT2D eigenvalue weighted by atomic mass is 9.89. The number of nitro groups is 1. The van der Waals surface area contributed by atoms with Crippen LogP contribution in [0, 0.1) is 15.5 Å². The maximum absolute atomic E-state index is 10.9. The summed E-state index contributed by atoms with van der Waals surface area (Å²) in [5, 5.41) is 10.7. The van der Waals surface area contributed by atoms with Crippen LogP contribution in [0.2, 0.25) is 0 Å². The molecule has 0 aliphatic carbocycles. The Morgan fingerprint density at radius 1 is 1.59 bits per heavy atom. The summed E-state index contributed by atoms with van der Waals surface area (Å²) in [6.45, 7) is 5.99. The van der Waals surface area contributed by atoms with E-state index in [0.717, 1.165) is 0 Å². The number of rotatable bonds is 3. The van der Waals surface area contributed by atoms with Crippen LogP contribution < -0.4 is 0 Å². The minimum Gasteiger partial charge on any atom is -0.258 e. The van der Waals surface area contributed by atoms with Crippen molar-refractivity contribution >= 4 is 33.2 Å². The van der Waals surface area contributed by atoms with E-state index in [2.05, 4.69) is 20.9 Å². The van der Waals surface area contributed by atoms with Gasteiger partial charge in [0.1, 0.15) is 5.69 Å². The predicted molar refractivity (Wildman–Crippen MR) is 71.4 cm³/mol. The van der Waals surface area contributed by atoms with Crippen molar-refractivity contribution in [1.29, 1.82) is 0 Å². The molecule has 0 spiro atoms. The monoisotopic (exact) mass is 320 g/mol. The van der Waals surface area contributed by atoms with Gasteiger partial charge in [-0.1, -0.05) is 20.8 Å².